The Morgan fingerprint density at radius 1 is 1.29 bits per heavy atom. The predicted molar refractivity (Wildman–Crippen MR) is 71.2 cm³/mol. The third kappa shape index (κ3) is 3.08. The molecule has 17 heavy (non-hydrogen) atoms. The lowest BCUT2D eigenvalue weighted by Crippen LogP contribution is -2.50. The average Bonchev–Trinajstić information content (AvgIpc) is 2.27. The largest absolute Gasteiger partial charge is 0.389 e. The molecule has 0 fully saturated rings. The first-order valence-corrected chi connectivity index (χ1v) is 6.52. The highest BCUT2D eigenvalue weighted by atomic mass is 16.3. The molecule has 0 radical (unpaired) electrons. The van der Waals surface area contributed by atoms with Crippen molar-refractivity contribution in [1.82, 2.24) is 5.32 Å². The zero-order chi connectivity index (χ0) is 12.5. The third-order valence-corrected chi connectivity index (χ3v) is 3.89. The van der Waals surface area contributed by atoms with E-state index in [9.17, 15) is 5.11 Å². The summed E-state index contributed by atoms with van der Waals surface area (Å²) in [4.78, 5) is 0. The molecule has 2 unspecified atom stereocenters. The van der Waals surface area contributed by atoms with E-state index >= 15 is 0 Å². The second-order valence-corrected chi connectivity index (χ2v) is 5.75. The first kappa shape index (κ1) is 12.6. The summed E-state index contributed by atoms with van der Waals surface area (Å²) in [6, 6.07) is 9.29. The van der Waals surface area contributed by atoms with Crippen molar-refractivity contribution < 1.29 is 5.11 Å². The van der Waals surface area contributed by atoms with Crippen molar-refractivity contribution in [3.63, 3.8) is 0 Å². The zero-order valence-corrected chi connectivity index (χ0v) is 11.0. The summed E-state index contributed by atoms with van der Waals surface area (Å²) >= 11 is 0. The van der Waals surface area contributed by atoms with E-state index in [1.54, 1.807) is 0 Å². The van der Waals surface area contributed by atoms with Gasteiger partial charge in [0.15, 0.2) is 0 Å². The monoisotopic (exact) mass is 233 g/mol. The van der Waals surface area contributed by atoms with Gasteiger partial charge in [-0.3, -0.25) is 0 Å². The van der Waals surface area contributed by atoms with Crippen LogP contribution < -0.4 is 5.32 Å². The number of benzene rings is 1. The van der Waals surface area contributed by atoms with Crippen LogP contribution in [0.3, 0.4) is 0 Å². The van der Waals surface area contributed by atoms with Crippen LogP contribution >= 0.6 is 0 Å². The number of aryl methyl sites for hydroxylation is 1. The van der Waals surface area contributed by atoms with Crippen molar-refractivity contribution in [2.24, 2.45) is 0 Å². The first-order valence-electron chi connectivity index (χ1n) is 6.52. The molecule has 0 saturated heterocycles. The first-order chi connectivity index (χ1) is 7.97. The van der Waals surface area contributed by atoms with E-state index in [-0.39, 0.29) is 6.04 Å². The Morgan fingerprint density at radius 3 is 2.59 bits per heavy atom. The maximum absolute atomic E-state index is 9.95. The van der Waals surface area contributed by atoms with Crippen LogP contribution in [0.1, 0.15) is 38.3 Å². The summed E-state index contributed by atoms with van der Waals surface area (Å²) in [5.41, 5.74) is 2.29. The second kappa shape index (κ2) is 4.79. The van der Waals surface area contributed by atoms with Crippen molar-refractivity contribution in [1.29, 1.82) is 0 Å². The lowest BCUT2D eigenvalue weighted by Gasteiger charge is -2.33. The Bertz CT molecular complexity index is 381. The second-order valence-electron chi connectivity index (χ2n) is 5.75. The highest BCUT2D eigenvalue weighted by molar-refractivity contribution is 5.30. The van der Waals surface area contributed by atoms with Crippen LogP contribution in [0.4, 0.5) is 0 Å². The van der Waals surface area contributed by atoms with Crippen LogP contribution in [0.25, 0.3) is 0 Å². The molecule has 2 N–H and O–H groups in total. The Hall–Kier alpha value is -0.860. The fraction of sp³-hybridized carbons (Fsp3) is 0.600. The number of aliphatic hydroxyl groups is 1. The van der Waals surface area contributed by atoms with E-state index in [1.807, 2.05) is 13.8 Å². The molecule has 2 atom stereocenters. The highest BCUT2D eigenvalue weighted by Crippen LogP contribution is 2.22. The Kier molecular flexibility index (Phi) is 3.55. The summed E-state index contributed by atoms with van der Waals surface area (Å²) in [6.45, 7) is 5.78. The maximum atomic E-state index is 9.95. The van der Waals surface area contributed by atoms with Gasteiger partial charge in [0, 0.05) is 12.1 Å². The predicted octanol–water partition coefficient (Wildman–Crippen LogP) is 2.29. The quantitative estimate of drug-likeness (QED) is 0.839. The van der Waals surface area contributed by atoms with Gasteiger partial charge in [-0.25, -0.2) is 0 Å². The molecule has 1 aliphatic carbocycles. The molecule has 0 aromatic heterocycles. The van der Waals surface area contributed by atoms with Gasteiger partial charge in [-0.15, -0.1) is 0 Å². The van der Waals surface area contributed by atoms with Crippen molar-refractivity contribution >= 4 is 0 Å². The molecule has 94 valence electrons. The number of nitrogens with one attached hydrogen (secondary N) is 1. The summed E-state index contributed by atoms with van der Waals surface area (Å²) in [5, 5.41) is 13.5. The summed E-state index contributed by atoms with van der Waals surface area (Å²) in [7, 11) is 0. The molecule has 0 aliphatic heterocycles. The molecule has 0 heterocycles. The van der Waals surface area contributed by atoms with Crippen LogP contribution in [0.15, 0.2) is 24.3 Å². The normalized spacial score (nSPS) is 22.0. The molecule has 1 aliphatic rings. The molecule has 2 heteroatoms. The van der Waals surface area contributed by atoms with Gasteiger partial charge in [-0.05, 0) is 51.2 Å². The van der Waals surface area contributed by atoms with Crippen LogP contribution in [0, 0.1) is 0 Å². The Balaban J connectivity index is 1.99. The molecule has 0 amide bonds. The van der Waals surface area contributed by atoms with Crippen molar-refractivity contribution in [2.75, 3.05) is 0 Å². The van der Waals surface area contributed by atoms with Crippen LogP contribution in [-0.4, -0.2) is 22.8 Å². The molecule has 2 rings (SSSR count). The van der Waals surface area contributed by atoms with E-state index in [4.69, 9.17) is 0 Å². The standard InChI is InChI=1S/C15H23NO/c1-11(15(2,3)17)16-14-9-8-12-6-4-5-7-13(12)10-14/h4-7,11,14,16-17H,8-10H2,1-3H3. The molecule has 0 bridgehead atoms. The minimum Gasteiger partial charge on any atom is -0.389 e. The summed E-state index contributed by atoms with van der Waals surface area (Å²) in [6.07, 6.45) is 3.39. The maximum Gasteiger partial charge on any atom is 0.0741 e. The average molecular weight is 233 g/mol. The minimum absolute atomic E-state index is 0.123. The zero-order valence-electron chi connectivity index (χ0n) is 11.0. The fourth-order valence-corrected chi connectivity index (χ4v) is 2.40. The smallest absolute Gasteiger partial charge is 0.0741 e. The van der Waals surface area contributed by atoms with Crippen molar-refractivity contribution in [3.05, 3.63) is 35.4 Å². The number of hydrogen-bond donors (Lipinski definition) is 2. The summed E-state index contributed by atoms with van der Waals surface area (Å²) in [5.74, 6) is 0. The van der Waals surface area contributed by atoms with Gasteiger partial charge in [0.2, 0.25) is 0 Å². The van der Waals surface area contributed by atoms with Gasteiger partial charge in [-0.1, -0.05) is 24.3 Å². The van der Waals surface area contributed by atoms with E-state index < -0.39 is 5.60 Å². The molecule has 0 spiro atoms. The lowest BCUT2D eigenvalue weighted by molar-refractivity contribution is 0.0390. The van der Waals surface area contributed by atoms with Gasteiger partial charge in [0.05, 0.1) is 5.60 Å². The molecule has 1 aromatic rings. The number of fused-ring (bicyclic) bond motifs is 1. The van der Waals surface area contributed by atoms with E-state index in [0.717, 1.165) is 19.3 Å². The van der Waals surface area contributed by atoms with Crippen molar-refractivity contribution in [2.45, 2.75) is 57.7 Å². The molecule has 1 aromatic carbocycles. The van der Waals surface area contributed by atoms with Crippen molar-refractivity contribution in [3.8, 4) is 0 Å². The fourth-order valence-electron chi connectivity index (χ4n) is 2.40. The third-order valence-electron chi connectivity index (χ3n) is 3.89. The van der Waals surface area contributed by atoms with Gasteiger partial charge in [-0.2, -0.15) is 0 Å². The molecular formula is C15H23NO. The topological polar surface area (TPSA) is 32.3 Å². The molecule has 0 saturated carbocycles. The van der Waals surface area contributed by atoms with E-state index in [1.165, 1.54) is 11.1 Å². The van der Waals surface area contributed by atoms with Gasteiger partial charge in [0.1, 0.15) is 0 Å². The van der Waals surface area contributed by atoms with Gasteiger partial charge in [0.25, 0.3) is 0 Å². The number of hydrogen-bond acceptors (Lipinski definition) is 2. The van der Waals surface area contributed by atoms with Crippen LogP contribution in [0.5, 0.6) is 0 Å². The highest BCUT2D eigenvalue weighted by Gasteiger charge is 2.26. The van der Waals surface area contributed by atoms with Gasteiger partial charge >= 0.3 is 0 Å². The van der Waals surface area contributed by atoms with E-state index in [2.05, 4.69) is 36.5 Å². The van der Waals surface area contributed by atoms with Crippen LogP contribution in [-0.2, 0) is 12.8 Å². The lowest BCUT2D eigenvalue weighted by atomic mass is 9.87. The molecule has 2 nitrogen and oxygen atoms in total. The Labute approximate surface area is 104 Å². The minimum atomic E-state index is -0.656. The number of rotatable bonds is 3. The molecular weight excluding hydrogens is 210 g/mol. The van der Waals surface area contributed by atoms with Gasteiger partial charge < -0.3 is 10.4 Å². The Morgan fingerprint density at radius 2 is 1.94 bits per heavy atom. The summed E-state index contributed by atoms with van der Waals surface area (Å²) < 4.78 is 0. The van der Waals surface area contributed by atoms with E-state index in [0.29, 0.717) is 6.04 Å². The SMILES string of the molecule is CC(NC1CCc2ccccc2C1)C(C)(C)O. The van der Waals surface area contributed by atoms with Crippen LogP contribution in [0.2, 0.25) is 0 Å².